The molecular formula is C10H10OS2. The van der Waals surface area contributed by atoms with Crippen molar-refractivity contribution in [1.29, 1.82) is 0 Å². The number of rotatable bonds is 3. The molecule has 0 saturated heterocycles. The molecule has 1 nitrogen and oxygen atoms in total. The van der Waals surface area contributed by atoms with Crippen molar-refractivity contribution in [2.24, 2.45) is 0 Å². The van der Waals surface area contributed by atoms with Crippen LogP contribution >= 0.6 is 23.1 Å². The molecule has 0 saturated carbocycles. The van der Waals surface area contributed by atoms with Crippen LogP contribution in [-0.4, -0.2) is 17.5 Å². The third-order valence-electron chi connectivity index (χ3n) is 1.74. The van der Waals surface area contributed by atoms with E-state index >= 15 is 0 Å². The molecule has 0 bridgehead atoms. The lowest BCUT2D eigenvalue weighted by Gasteiger charge is -1.90. The summed E-state index contributed by atoms with van der Waals surface area (Å²) in [5.74, 6) is 0.785. The molecule has 13 heavy (non-hydrogen) atoms. The molecule has 2 aromatic rings. The fourth-order valence-corrected chi connectivity index (χ4v) is 3.23. The van der Waals surface area contributed by atoms with Crippen molar-refractivity contribution in [3.05, 3.63) is 30.3 Å². The molecule has 0 amide bonds. The van der Waals surface area contributed by atoms with Gasteiger partial charge in [0.1, 0.15) is 0 Å². The lowest BCUT2D eigenvalue weighted by atomic mass is 10.3. The van der Waals surface area contributed by atoms with Crippen LogP contribution in [0.4, 0.5) is 0 Å². The average molecular weight is 210 g/mol. The Hall–Kier alpha value is -0.510. The Morgan fingerprint density at radius 1 is 1.31 bits per heavy atom. The molecule has 1 heterocycles. The SMILES string of the molecule is OCCSc1cc2ccccc2s1. The van der Waals surface area contributed by atoms with Crippen molar-refractivity contribution in [2.75, 3.05) is 12.4 Å². The summed E-state index contributed by atoms with van der Waals surface area (Å²) in [6.45, 7) is 0.249. The average Bonchev–Trinajstić information content (AvgIpc) is 2.57. The fraction of sp³-hybridized carbons (Fsp3) is 0.200. The molecule has 1 N–H and O–H groups in total. The van der Waals surface area contributed by atoms with Gasteiger partial charge in [-0.25, -0.2) is 0 Å². The molecule has 1 aromatic carbocycles. The van der Waals surface area contributed by atoms with Crippen molar-refractivity contribution < 1.29 is 5.11 Å². The largest absolute Gasteiger partial charge is 0.396 e. The predicted molar refractivity (Wildman–Crippen MR) is 59.6 cm³/mol. The van der Waals surface area contributed by atoms with E-state index in [1.54, 1.807) is 23.1 Å². The summed E-state index contributed by atoms with van der Waals surface area (Å²) in [4.78, 5) is 0. The zero-order valence-corrected chi connectivity index (χ0v) is 8.70. The number of thioether (sulfide) groups is 1. The van der Waals surface area contributed by atoms with E-state index in [1.807, 2.05) is 0 Å². The third-order valence-corrected chi connectivity index (χ3v) is 4.04. The summed E-state index contributed by atoms with van der Waals surface area (Å²) in [5.41, 5.74) is 0. The Balaban J connectivity index is 2.28. The van der Waals surface area contributed by atoms with Crippen LogP contribution in [0, 0.1) is 0 Å². The minimum Gasteiger partial charge on any atom is -0.396 e. The van der Waals surface area contributed by atoms with Crippen LogP contribution in [0.1, 0.15) is 0 Å². The van der Waals surface area contributed by atoms with Gasteiger partial charge in [-0.15, -0.1) is 23.1 Å². The van der Waals surface area contributed by atoms with Gasteiger partial charge >= 0.3 is 0 Å². The molecule has 0 unspecified atom stereocenters. The van der Waals surface area contributed by atoms with E-state index in [2.05, 4.69) is 30.3 Å². The van der Waals surface area contributed by atoms with E-state index in [9.17, 15) is 0 Å². The third kappa shape index (κ3) is 2.05. The zero-order chi connectivity index (χ0) is 9.10. The number of benzene rings is 1. The summed E-state index contributed by atoms with van der Waals surface area (Å²) in [6, 6.07) is 10.5. The van der Waals surface area contributed by atoms with Gasteiger partial charge in [0.25, 0.3) is 0 Å². The highest BCUT2D eigenvalue weighted by Gasteiger charge is 2.00. The van der Waals surface area contributed by atoms with Crippen LogP contribution in [0.25, 0.3) is 10.1 Å². The van der Waals surface area contributed by atoms with Crippen molar-refractivity contribution in [1.82, 2.24) is 0 Å². The normalized spacial score (nSPS) is 10.8. The highest BCUT2D eigenvalue weighted by Crippen LogP contribution is 2.32. The van der Waals surface area contributed by atoms with Crippen LogP contribution in [0.15, 0.2) is 34.5 Å². The van der Waals surface area contributed by atoms with E-state index in [-0.39, 0.29) is 6.61 Å². The quantitative estimate of drug-likeness (QED) is 0.786. The first-order valence-corrected chi connectivity index (χ1v) is 5.92. The summed E-state index contributed by atoms with van der Waals surface area (Å²) < 4.78 is 2.61. The molecule has 0 radical (unpaired) electrons. The van der Waals surface area contributed by atoms with Crippen LogP contribution in [0.5, 0.6) is 0 Å². The second-order valence-corrected chi connectivity index (χ2v) is 5.15. The van der Waals surface area contributed by atoms with Crippen LogP contribution in [-0.2, 0) is 0 Å². The summed E-state index contributed by atoms with van der Waals surface area (Å²) in [7, 11) is 0. The molecule has 68 valence electrons. The van der Waals surface area contributed by atoms with Crippen LogP contribution < -0.4 is 0 Å². The first kappa shape index (κ1) is 9.06. The maximum atomic E-state index is 8.69. The first-order valence-electron chi connectivity index (χ1n) is 4.12. The van der Waals surface area contributed by atoms with Crippen molar-refractivity contribution in [2.45, 2.75) is 4.21 Å². The van der Waals surface area contributed by atoms with Gasteiger partial charge in [-0.3, -0.25) is 0 Å². The van der Waals surface area contributed by atoms with E-state index in [0.717, 1.165) is 5.75 Å². The van der Waals surface area contributed by atoms with E-state index < -0.39 is 0 Å². The monoisotopic (exact) mass is 210 g/mol. The Morgan fingerprint density at radius 2 is 2.15 bits per heavy atom. The number of hydrogen-bond acceptors (Lipinski definition) is 3. The number of thiophene rings is 1. The summed E-state index contributed by atoms with van der Waals surface area (Å²) in [6.07, 6.45) is 0. The zero-order valence-electron chi connectivity index (χ0n) is 7.06. The van der Waals surface area contributed by atoms with Gasteiger partial charge in [0, 0.05) is 10.5 Å². The van der Waals surface area contributed by atoms with Gasteiger partial charge in [-0.05, 0) is 17.5 Å². The lowest BCUT2D eigenvalue weighted by Crippen LogP contribution is -1.82. The number of aliphatic hydroxyl groups excluding tert-OH is 1. The smallest absolute Gasteiger partial charge is 0.0611 e. The van der Waals surface area contributed by atoms with Crippen molar-refractivity contribution in [3.8, 4) is 0 Å². The van der Waals surface area contributed by atoms with Crippen molar-refractivity contribution >= 4 is 33.2 Å². The first-order chi connectivity index (χ1) is 6.40. The molecule has 0 atom stereocenters. The summed E-state index contributed by atoms with van der Waals surface area (Å²) >= 11 is 3.50. The molecular weight excluding hydrogens is 200 g/mol. The van der Waals surface area contributed by atoms with E-state index in [4.69, 9.17) is 5.11 Å². The second-order valence-electron chi connectivity index (χ2n) is 2.68. The minimum atomic E-state index is 0.249. The molecule has 0 aliphatic rings. The second kappa shape index (κ2) is 4.13. The van der Waals surface area contributed by atoms with Gasteiger partial charge in [-0.2, -0.15) is 0 Å². The molecule has 0 aliphatic heterocycles. The minimum absolute atomic E-state index is 0.249. The highest BCUT2D eigenvalue weighted by molar-refractivity contribution is 8.01. The van der Waals surface area contributed by atoms with E-state index in [0.29, 0.717) is 0 Å². The molecule has 0 spiro atoms. The van der Waals surface area contributed by atoms with Gasteiger partial charge in [0.15, 0.2) is 0 Å². The van der Waals surface area contributed by atoms with Gasteiger partial charge in [0.05, 0.1) is 10.8 Å². The molecule has 0 aliphatic carbocycles. The summed E-state index contributed by atoms with van der Waals surface area (Å²) in [5, 5.41) is 9.99. The predicted octanol–water partition coefficient (Wildman–Crippen LogP) is 2.99. The van der Waals surface area contributed by atoms with Crippen LogP contribution in [0.2, 0.25) is 0 Å². The Morgan fingerprint density at radius 3 is 2.92 bits per heavy atom. The maximum absolute atomic E-state index is 8.69. The topological polar surface area (TPSA) is 20.2 Å². The molecule has 3 heteroatoms. The highest BCUT2D eigenvalue weighted by atomic mass is 32.2. The Kier molecular flexibility index (Phi) is 2.88. The van der Waals surface area contributed by atoms with Gasteiger partial charge < -0.3 is 5.11 Å². The Bertz CT molecular complexity index is 361. The fourth-order valence-electron chi connectivity index (χ4n) is 1.17. The standard InChI is InChI=1S/C10H10OS2/c11-5-6-12-10-7-8-3-1-2-4-9(8)13-10/h1-4,7,11H,5-6H2. The van der Waals surface area contributed by atoms with Gasteiger partial charge in [0.2, 0.25) is 0 Å². The number of hydrogen-bond donors (Lipinski definition) is 1. The van der Waals surface area contributed by atoms with Crippen molar-refractivity contribution in [3.63, 3.8) is 0 Å². The maximum Gasteiger partial charge on any atom is 0.0611 e. The molecule has 1 aromatic heterocycles. The van der Waals surface area contributed by atoms with E-state index in [1.165, 1.54) is 14.3 Å². The van der Waals surface area contributed by atoms with Gasteiger partial charge in [-0.1, -0.05) is 18.2 Å². The lowest BCUT2D eigenvalue weighted by molar-refractivity contribution is 0.322. The molecule has 2 rings (SSSR count). The number of fused-ring (bicyclic) bond motifs is 1. The number of aliphatic hydroxyl groups is 1. The Labute approximate surface area is 85.4 Å². The molecule has 0 fully saturated rings. The van der Waals surface area contributed by atoms with Crippen LogP contribution in [0.3, 0.4) is 0 Å².